The molecular formula is C49H35N. The number of hydrogen-bond donors (Lipinski definition) is 0. The van der Waals surface area contributed by atoms with Crippen molar-refractivity contribution in [1.82, 2.24) is 0 Å². The number of benzene rings is 7. The molecule has 1 unspecified atom stereocenters. The Morgan fingerprint density at radius 1 is 0.440 bits per heavy atom. The molecule has 0 aliphatic heterocycles. The van der Waals surface area contributed by atoms with Crippen LogP contribution in [0.1, 0.15) is 40.2 Å². The lowest BCUT2D eigenvalue weighted by atomic mass is 9.70. The van der Waals surface area contributed by atoms with Crippen molar-refractivity contribution in [3.05, 3.63) is 228 Å². The average Bonchev–Trinajstić information content (AvgIpc) is 3.66. The summed E-state index contributed by atoms with van der Waals surface area (Å²) in [5, 5.41) is 0. The van der Waals surface area contributed by atoms with Crippen molar-refractivity contribution in [2.24, 2.45) is 0 Å². The molecule has 0 saturated heterocycles. The molecule has 0 heterocycles. The first kappa shape index (κ1) is 28.8. The van der Waals surface area contributed by atoms with E-state index >= 15 is 0 Å². The summed E-state index contributed by atoms with van der Waals surface area (Å²) in [6.45, 7) is 0. The van der Waals surface area contributed by atoms with Crippen LogP contribution < -0.4 is 4.90 Å². The van der Waals surface area contributed by atoms with Crippen LogP contribution in [0, 0.1) is 0 Å². The first-order valence-electron chi connectivity index (χ1n) is 17.6. The molecule has 0 amide bonds. The van der Waals surface area contributed by atoms with Crippen LogP contribution in [-0.2, 0) is 5.41 Å². The van der Waals surface area contributed by atoms with E-state index < -0.39 is 0 Å². The van der Waals surface area contributed by atoms with Gasteiger partial charge in [-0.25, -0.2) is 0 Å². The van der Waals surface area contributed by atoms with Crippen LogP contribution in [0.5, 0.6) is 0 Å². The third-order valence-corrected chi connectivity index (χ3v) is 11.0. The van der Waals surface area contributed by atoms with E-state index in [4.69, 9.17) is 0 Å². The number of hydrogen-bond acceptors (Lipinski definition) is 1. The highest BCUT2D eigenvalue weighted by Gasteiger charge is 2.51. The Balaban J connectivity index is 1.16. The Morgan fingerprint density at radius 3 is 1.52 bits per heavy atom. The minimum atomic E-state index is -0.382. The van der Waals surface area contributed by atoms with Gasteiger partial charge in [0.1, 0.15) is 0 Å². The fraction of sp³-hybridized carbons (Fsp3) is 0.0612. The fourth-order valence-electron chi connectivity index (χ4n) is 8.83. The Labute approximate surface area is 294 Å². The summed E-state index contributed by atoms with van der Waals surface area (Å²) < 4.78 is 0. The van der Waals surface area contributed by atoms with E-state index in [-0.39, 0.29) is 5.41 Å². The maximum Gasteiger partial charge on any atom is 0.0726 e. The zero-order valence-corrected chi connectivity index (χ0v) is 27.7. The van der Waals surface area contributed by atoms with Crippen molar-refractivity contribution in [2.75, 3.05) is 4.90 Å². The molecule has 0 fully saturated rings. The maximum atomic E-state index is 2.48. The van der Waals surface area contributed by atoms with E-state index in [1.165, 1.54) is 72.6 Å². The Kier molecular flexibility index (Phi) is 6.60. The molecule has 0 bridgehead atoms. The molecule has 7 aromatic rings. The van der Waals surface area contributed by atoms with Gasteiger partial charge in [0.25, 0.3) is 0 Å². The van der Waals surface area contributed by atoms with E-state index in [9.17, 15) is 0 Å². The van der Waals surface area contributed by atoms with Crippen LogP contribution >= 0.6 is 0 Å². The van der Waals surface area contributed by atoms with Crippen molar-refractivity contribution in [3.63, 3.8) is 0 Å². The van der Waals surface area contributed by atoms with Gasteiger partial charge in [0.2, 0.25) is 0 Å². The third kappa shape index (κ3) is 4.27. The molecule has 3 aliphatic carbocycles. The number of rotatable bonds is 5. The predicted octanol–water partition coefficient (Wildman–Crippen LogP) is 12.5. The number of fused-ring (bicyclic) bond motifs is 10. The smallest absolute Gasteiger partial charge is 0.0726 e. The van der Waals surface area contributed by atoms with Crippen LogP contribution in [0.2, 0.25) is 0 Å². The summed E-state index contributed by atoms with van der Waals surface area (Å²) in [6.07, 6.45) is 8.07. The molecular weight excluding hydrogens is 603 g/mol. The van der Waals surface area contributed by atoms with Gasteiger partial charge in [-0.15, -0.1) is 0 Å². The lowest BCUT2D eigenvalue weighted by Gasteiger charge is -2.33. The molecule has 0 aromatic heterocycles. The lowest BCUT2D eigenvalue weighted by Crippen LogP contribution is -2.26. The van der Waals surface area contributed by atoms with E-state index in [1.54, 1.807) is 0 Å². The summed E-state index contributed by atoms with van der Waals surface area (Å²) in [4.78, 5) is 2.45. The van der Waals surface area contributed by atoms with Gasteiger partial charge in [0, 0.05) is 23.0 Å². The van der Waals surface area contributed by atoms with Crippen LogP contribution in [0.15, 0.2) is 200 Å². The highest BCUT2D eigenvalue weighted by atomic mass is 15.1. The van der Waals surface area contributed by atoms with Crippen molar-refractivity contribution < 1.29 is 0 Å². The number of nitrogens with zero attached hydrogens (tertiary/aromatic N) is 1. The maximum absolute atomic E-state index is 2.48. The van der Waals surface area contributed by atoms with E-state index in [1.807, 2.05) is 0 Å². The molecule has 0 saturated carbocycles. The highest BCUT2D eigenvalue weighted by Crippen LogP contribution is 2.63. The monoisotopic (exact) mass is 637 g/mol. The minimum Gasteiger partial charge on any atom is -0.311 e. The summed E-state index contributed by atoms with van der Waals surface area (Å²) in [5.41, 5.74) is 17.7. The van der Waals surface area contributed by atoms with Gasteiger partial charge in [0.05, 0.1) is 5.41 Å². The molecule has 1 spiro atoms. The van der Waals surface area contributed by atoms with Crippen molar-refractivity contribution in [3.8, 4) is 33.4 Å². The topological polar surface area (TPSA) is 3.24 Å². The van der Waals surface area contributed by atoms with E-state index in [0.717, 1.165) is 12.1 Å². The summed E-state index contributed by atoms with van der Waals surface area (Å²) >= 11 is 0. The van der Waals surface area contributed by atoms with Crippen LogP contribution in [0.4, 0.5) is 11.4 Å². The normalized spacial score (nSPS) is 15.9. The molecule has 236 valence electrons. The van der Waals surface area contributed by atoms with Crippen molar-refractivity contribution in [1.29, 1.82) is 0 Å². The molecule has 0 radical (unpaired) electrons. The van der Waals surface area contributed by atoms with Gasteiger partial charge in [0.15, 0.2) is 0 Å². The fourth-order valence-corrected chi connectivity index (χ4v) is 8.83. The van der Waals surface area contributed by atoms with Crippen molar-refractivity contribution >= 4 is 11.4 Å². The van der Waals surface area contributed by atoms with Gasteiger partial charge in [-0.2, -0.15) is 0 Å². The molecule has 1 atom stereocenters. The molecule has 1 heteroatoms. The third-order valence-electron chi connectivity index (χ3n) is 11.0. The lowest BCUT2D eigenvalue weighted by molar-refractivity contribution is 0.793. The first-order chi connectivity index (χ1) is 24.8. The predicted molar refractivity (Wildman–Crippen MR) is 208 cm³/mol. The Hall–Kier alpha value is -6.18. The molecule has 50 heavy (non-hydrogen) atoms. The van der Waals surface area contributed by atoms with E-state index in [0.29, 0.717) is 5.92 Å². The van der Waals surface area contributed by atoms with Gasteiger partial charge < -0.3 is 4.90 Å². The van der Waals surface area contributed by atoms with Crippen LogP contribution in [-0.4, -0.2) is 0 Å². The number of anilines is 2. The largest absolute Gasteiger partial charge is 0.311 e. The molecule has 10 rings (SSSR count). The zero-order chi connectivity index (χ0) is 33.1. The van der Waals surface area contributed by atoms with Gasteiger partial charge in [-0.1, -0.05) is 164 Å². The molecule has 7 aromatic carbocycles. The second-order valence-corrected chi connectivity index (χ2v) is 13.6. The van der Waals surface area contributed by atoms with Gasteiger partial charge in [-0.3, -0.25) is 0 Å². The van der Waals surface area contributed by atoms with E-state index in [2.05, 4.69) is 199 Å². The van der Waals surface area contributed by atoms with Gasteiger partial charge >= 0.3 is 0 Å². The Bertz CT molecular complexity index is 2390. The first-order valence-corrected chi connectivity index (χ1v) is 17.6. The second kappa shape index (κ2) is 11.5. The van der Waals surface area contributed by atoms with Crippen LogP contribution in [0.25, 0.3) is 33.4 Å². The molecule has 0 N–H and O–H groups in total. The SMILES string of the molecule is C1=CC(c2ccccc2)CC=C1N(c1ccc(-c2ccccc2)cc1)c1ccc2c(c1)C1(c3ccccc3-c3ccccc31)c1ccccc1-2. The van der Waals surface area contributed by atoms with Crippen molar-refractivity contribution in [2.45, 2.75) is 17.8 Å². The second-order valence-electron chi connectivity index (χ2n) is 13.6. The quantitative estimate of drug-likeness (QED) is 0.181. The molecule has 1 nitrogen and oxygen atoms in total. The standard InChI is InChI=1S/C49H35N/c1-3-13-34(14-4-1)36-23-27-38(28-24-36)50(39-29-25-37(26-30-39)35-15-5-2-6-16-35)40-31-32-44-43-19-9-12-22-47(43)49(48(44)33-40)45-20-10-7-17-41(45)42-18-8-11-21-46(42)49/h1-25,27-33,37H,26H2. The Morgan fingerprint density at radius 2 is 0.940 bits per heavy atom. The number of allylic oxidation sites excluding steroid dienone is 3. The summed E-state index contributed by atoms with van der Waals surface area (Å²) in [7, 11) is 0. The highest BCUT2D eigenvalue weighted by molar-refractivity contribution is 5.96. The minimum absolute atomic E-state index is 0.367. The molecule has 3 aliphatic rings. The summed E-state index contributed by atoms with van der Waals surface area (Å²) in [5.74, 6) is 0.367. The van der Waals surface area contributed by atoms with Crippen LogP contribution in [0.3, 0.4) is 0 Å². The zero-order valence-electron chi connectivity index (χ0n) is 27.7. The average molecular weight is 638 g/mol. The van der Waals surface area contributed by atoms with Gasteiger partial charge in [-0.05, 0) is 98.0 Å². The summed E-state index contributed by atoms with van der Waals surface area (Å²) in [6, 6.07) is 64.9.